The number of hydrogen-bond acceptors (Lipinski definition) is 6. The monoisotopic (exact) mass is 1070 g/mol. The number of benzene rings is 9. The van der Waals surface area contributed by atoms with Gasteiger partial charge in [0.05, 0.1) is 11.4 Å². The van der Waals surface area contributed by atoms with E-state index in [9.17, 15) is 0 Å². The second-order valence-electron chi connectivity index (χ2n) is 24.3. The van der Waals surface area contributed by atoms with E-state index in [0.717, 1.165) is 101 Å². The molecule has 0 N–H and O–H groups in total. The summed E-state index contributed by atoms with van der Waals surface area (Å²) >= 11 is 3.69. The van der Waals surface area contributed by atoms with Crippen LogP contribution >= 0.6 is 22.7 Å². The summed E-state index contributed by atoms with van der Waals surface area (Å²) in [5.41, 5.74) is 19.9. The summed E-state index contributed by atoms with van der Waals surface area (Å²) in [5, 5.41) is 4.73. The lowest BCUT2D eigenvalue weighted by Crippen LogP contribution is -2.61. The Morgan fingerprint density at radius 1 is 0.400 bits per heavy atom. The van der Waals surface area contributed by atoms with Crippen LogP contribution in [-0.2, 0) is 10.8 Å². The van der Waals surface area contributed by atoms with E-state index in [1.807, 2.05) is 22.7 Å². The van der Waals surface area contributed by atoms with Crippen molar-refractivity contribution in [3.63, 3.8) is 0 Å². The lowest BCUT2D eigenvalue weighted by Gasteiger charge is -2.42. The van der Waals surface area contributed by atoms with Crippen LogP contribution in [0.4, 0.5) is 34.5 Å². The Morgan fingerprint density at radius 3 is 1.24 bits per heavy atom. The molecule has 4 nitrogen and oxygen atoms in total. The van der Waals surface area contributed by atoms with Gasteiger partial charge in [0, 0.05) is 63.4 Å². The minimum atomic E-state index is -0.274. The quantitative estimate of drug-likeness (QED) is 0.149. The summed E-state index contributed by atoms with van der Waals surface area (Å²) < 4.78 is 17.8. The zero-order chi connectivity index (χ0) is 54.3. The molecule has 0 saturated carbocycles. The van der Waals surface area contributed by atoms with Crippen LogP contribution in [0, 0.1) is 0 Å². The molecule has 0 unspecified atom stereocenters. The van der Waals surface area contributed by atoms with Crippen LogP contribution in [0.3, 0.4) is 0 Å². The fourth-order valence-corrected chi connectivity index (χ4v) is 14.6. The maximum Gasteiger partial charge on any atom is 0.262 e. The first-order valence-corrected chi connectivity index (χ1v) is 29.7. The van der Waals surface area contributed by atoms with Crippen LogP contribution < -0.4 is 26.2 Å². The number of fused-ring (bicyclic) bond motifs is 10. The van der Waals surface area contributed by atoms with Crippen molar-refractivity contribution in [1.29, 1.82) is 0 Å². The number of anilines is 6. The van der Waals surface area contributed by atoms with Crippen LogP contribution in [0.15, 0.2) is 215 Å². The third kappa shape index (κ3) is 7.76. The molecule has 0 amide bonds. The minimum Gasteiger partial charge on any atom is -0.440 e. The van der Waals surface area contributed by atoms with Gasteiger partial charge in [0.1, 0.15) is 11.2 Å². The summed E-state index contributed by atoms with van der Waals surface area (Å²) in [6.45, 7) is 18.2. The van der Waals surface area contributed by atoms with Gasteiger partial charge in [-0.15, -0.1) is 22.7 Å². The molecule has 388 valence electrons. The van der Waals surface area contributed by atoms with Gasteiger partial charge in [-0.25, -0.2) is 0 Å². The molecule has 0 bridgehead atoms. The molecule has 9 aromatic carbocycles. The van der Waals surface area contributed by atoms with Gasteiger partial charge in [0.25, 0.3) is 6.71 Å². The Balaban J connectivity index is 1.10. The van der Waals surface area contributed by atoms with Crippen molar-refractivity contribution < 1.29 is 8.83 Å². The Hall–Kier alpha value is -8.36. The van der Waals surface area contributed by atoms with Crippen LogP contribution in [0.5, 0.6) is 0 Å². The van der Waals surface area contributed by atoms with E-state index >= 15 is 0 Å². The van der Waals surface area contributed by atoms with Crippen molar-refractivity contribution in [3.05, 3.63) is 223 Å². The van der Waals surface area contributed by atoms with E-state index in [1.54, 1.807) is 0 Å². The predicted molar refractivity (Wildman–Crippen MR) is 344 cm³/mol. The second kappa shape index (κ2) is 18.1. The number of hydrogen-bond donors (Lipinski definition) is 0. The van der Waals surface area contributed by atoms with Crippen molar-refractivity contribution in [2.24, 2.45) is 0 Å². The highest BCUT2D eigenvalue weighted by Crippen LogP contribution is 2.53. The first-order valence-electron chi connectivity index (χ1n) is 28.0. The molecule has 80 heavy (non-hydrogen) atoms. The molecule has 0 radical (unpaired) electrons. The fraction of sp³-hybridized carbons (Fsp3) is 0.151. The molecule has 0 spiro atoms. The number of furan rings is 2. The van der Waals surface area contributed by atoms with Crippen LogP contribution in [0.1, 0.15) is 78.0 Å². The SMILES string of the molecule is CC(C)c1cc2c3c(c1)N(c1cc(-c4cc5ccccc5s4)ccc1-c1ccccc1)c1oc4ccc(C(C)(C)C)cc4c1B3c1c(oc3ccc(C(C)(C)C)cc13)N2c1cc(-c2cc3ccccc3s2)ccc1-c1ccccc1. The van der Waals surface area contributed by atoms with Crippen LogP contribution in [-0.4, -0.2) is 6.71 Å². The van der Waals surface area contributed by atoms with Gasteiger partial charge in [0.15, 0.2) is 0 Å². The van der Waals surface area contributed by atoms with Gasteiger partial charge in [0.2, 0.25) is 11.8 Å². The molecule has 2 aliphatic heterocycles. The summed E-state index contributed by atoms with van der Waals surface area (Å²) in [6.07, 6.45) is 0. The van der Waals surface area contributed by atoms with Gasteiger partial charge < -0.3 is 8.83 Å². The Bertz CT molecular complexity index is 4270. The first kappa shape index (κ1) is 48.7. The zero-order valence-corrected chi connectivity index (χ0v) is 47.9. The average molecular weight is 1070 g/mol. The van der Waals surface area contributed by atoms with Gasteiger partial charge in [-0.3, -0.25) is 9.80 Å². The molecule has 4 aromatic heterocycles. The molecule has 15 rings (SSSR count). The minimum absolute atomic E-state index is 0.118. The smallest absolute Gasteiger partial charge is 0.262 e. The predicted octanol–water partition coefficient (Wildman–Crippen LogP) is 20.1. The van der Waals surface area contributed by atoms with E-state index < -0.39 is 0 Å². The summed E-state index contributed by atoms with van der Waals surface area (Å²) in [7, 11) is 0. The number of rotatable bonds is 7. The van der Waals surface area contributed by atoms with Crippen LogP contribution in [0.25, 0.3) is 85.2 Å². The van der Waals surface area contributed by atoms with E-state index in [4.69, 9.17) is 8.83 Å². The van der Waals surface area contributed by atoms with Gasteiger partial charge >= 0.3 is 0 Å². The van der Waals surface area contributed by atoms with Crippen molar-refractivity contribution in [3.8, 4) is 43.1 Å². The Kier molecular flexibility index (Phi) is 11.0. The highest BCUT2D eigenvalue weighted by Gasteiger charge is 2.50. The standard InChI is InChI=1S/C73H59BN2O2S2/c1-43(2)50-37-59-69-60(38-50)76(58-36-49(28-32-54(58)45-21-13-10-14-22-45)66-40-47-24-16-18-26-64(47)80-66)71-68(56-42-52(73(6,7)8)30-34-62(56)78-71)74(69)67-55-41-51(72(3,4)5)29-33-61(55)77-70(67)75(59)57-35-48(27-31-53(57)44-19-11-9-12-20-44)65-39-46-23-15-17-25-63(46)79-65/h9-43H,1-8H3. The molecule has 2 aliphatic rings. The first-order chi connectivity index (χ1) is 38.7. The highest BCUT2D eigenvalue weighted by atomic mass is 32.1. The van der Waals surface area contributed by atoms with Crippen LogP contribution in [0.2, 0.25) is 0 Å². The van der Waals surface area contributed by atoms with Crippen molar-refractivity contribution >= 4 is 122 Å². The molecule has 0 fully saturated rings. The molecule has 0 saturated heterocycles. The second-order valence-corrected chi connectivity index (χ2v) is 26.5. The van der Waals surface area contributed by atoms with Crippen molar-refractivity contribution in [2.45, 2.75) is 72.1 Å². The van der Waals surface area contributed by atoms with Gasteiger partial charge in [-0.1, -0.05) is 189 Å². The lowest BCUT2D eigenvalue weighted by atomic mass is 9.33. The summed E-state index contributed by atoms with van der Waals surface area (Å²) in [6, 6.07) is 76.9. The molecular formula is C73H59BN2O2S2. The molecular weight excluding hydrogens is 1010 g/mol. The average Bonchev–Trinajstić information content (AvgIpc) is 4.45. The van der Waals surface area contributed by atoms with E-state index in [2.05, 4.69) is 271 Å². The highest BCUT2D eigenvalue weighted by molar-refractivity contribution is 7.22. The molecule has 7 heteroatoms. The van der Waals surface area contributed by atoms with Gasteiger partial charge in [-0.2, -0.15) is 0 Å². The molecule has 6 heterocycles. The van der Waals surface area contributed by atoms with E-state index in [1.165, 1.54) is 52.1 Å². The Labute approximate surface area is 476 Å². The topological polar surface area (TPSA) is 32.8 Å². The fourth-order valence-electron chi connectivity index (χ4n) is 12.5. The van der Waals surface area contributed by atoms with E-state index in [-0.39, 0.29) is 23.5 Å². The zero-order valence-electron chi connectivity index (χ0n) is 46.3. The normalized spacial score (nSPS) is 13.3. The molecule has 0 aliphatic carbocycles. The number of thiophene rings is 2. The summed E-state index contributed by atoms with van der Waals surface area (Å²) in [5.74, 6) is 1.84. The molecule has 13 aromatic rings. The van der Waals surface area contributed by atoms with Gasteiger partial charge in [-0.05, 0) is 145 Å². The van der Waals surface area contributed by atoms with Crippen molar-refractivity contribution in [2.75, 3.05) is 9.80 Å². The van der Waals surface area contributed by atoms with E-state index in [0.29, 0.717) is 0 Å². The lowest BCUT2D eigenvalue weighted by molar-refractivity contribution is 0.589. The maximum atomic E-state index is 7.61. The molecule has 0 atom stereocenters. The third-order valence-electron chi connectivity index (χ3n) is 16.8. The number of nitrogens with zero attached hydrogens (tertiary/aromatic N) is 2. The summed E-state index contributed by atoms with van der Waals surface area (Å²) in [4.78, 5) is 7.46. The maximum absolute atomic E-state index is 7.61. The van der Waals surface area contributed by atoms with Crippen molar-refractivity contribution in [1.82, 2.24) is 0 Å². The Morgan fingerprint density at radius 2 is 0.825 bits per heavy atom. The largest absolute Gasteiger partial charge is 0.440 e. The third-order valence-corrected chi connectivity index (χ3v) is 19.1.